The molecule has 2 heterocycles. The molecule has 0 unspecified atom stereocenters. The highest BCUT2D eigenvalue weighted by Gasteiger charge is 2.42. The van der Waals surface area contributed by atoms with Crippen molar-refractivity contribution in [3.05, 3.63) is 24.4 Å². The third-order valence-electron chi connectivity index (χ3n) is 2.82. The van der Waals surface area contributed by atoms with Crippen molar-refractivity contribution in [1.82, 2.24) is 9.88 Å². The number of pyridine rings is 1. The molecule has 86 valence electrons. The van der Waals surface area contributed by atoms with Crippen molar-refractivity contribution >= 4 is 5.91 Å². The molecule has 4 nitrogen and oxygen atoms in total. The fraction of sp³-hybridized carbons (Fsp3) is 0.500. The Morgan fingerprint density at radius 2 is 2.31 bits per heavy atom. The number of carbonyl (C=O) groups is 1. The van der Waals surface area contributed by atoms with Gasteiger partial charge in [0.15, 0.2) is 0 Å². The largest absolute Gasteiger partial charge is 0.476 e. The van der Waals surface area contributed by atoms with Gasteiger partial charge in [0.25, 0.3) is 0 Å². The Labute approximate surface area is 95.2 Å². The molecule has 16 heavy (non-hydrogen) atoms. The molecule has 1 amide bonds. The van der Waals surface area contributed by atoms with Crippen LogP contribution in [0.1, 0.15) is 20.3 Å². The van der Waals surface area contributed by atoms with E-state index in [-0.39, 0.29) is 11.4 Å². The standard InChI is InChI=1S/C12H16N2O2/c1-12(2)9-11(15)14(12)7-8-16-10-5-3-4-6-13-10/h3-6H,7-9H2,1-2H3. The molecule has 1 aromatic rings. The van der Waals surface area contributed by atoms with Gasteiger partial charge in [-0.2, -0.15) is 0 Å². The Morgan fingerprint density at radius 3 is 2.88 bits per heavy atom. The van der Waals surface area contributed by atoms with Gasteiger partial charge in [0.1, 0.15) is 6.61 Å². The minimum Gasteiger partial charge on any atom is -0.476 e. The zero-order valence-corrected chi connectivity index (χ0v) is 9.64. The summed E-state index contributed by atoms with van der Waals surface area (Å²) in [7, 11) is 0. The molecule has 1 saturated heterocycles. The lowest BCUT2D eigenvalue weighted by molar-refractivity contribution is -0.154. The van der Waals surface area contributed by atoms with E-state index in [9.17, 15) is 4.79 Å². The zero-order chi connectivity index (χ0) is 11.6. The Kier molecular flexibility index (Phi) is 2.81. The quantitative estimate of drug-likeness (QED) is 0.722. The van der Waals surface area contributed by atoms with E-state index < -0.39 is 0 Å². The molecule has 1 aliphatic heterocycles. The van der Waals surface area contributed by atoms with Gasteiger partial charge < -0.3 is 9.64 Å². The van der Waals surface area contributed by atoms with Crippen LogP contribution < -0.4 is 4.74 Å². The van der Waals surface area contributed by atoms with Crippen molar-refractivity contribution in [3.8, 4) is 5.88 Å². The second-order valence-corrected chi connectivity index (χ2v) is 4.55. The third kappa shape index (κ3) is 2.15. The summed E-state index contributed by atoms with van der Waals surface area (Å²) in [6.07, 6.45) is 2.32. The van der Waals surface area contributed by atoms with Gasteiger partial charge in [-0.05, 0) is 19.9 Å². The summed E-state index contributed by atoms with van der Waals surface area (Å²) in [5.74, 6) is 0.808. The van der Waals surface area contributed by atoms with Crippen molar-refractivity contribution in [2.24, 2.45) is 0 Å². The molecule has 0 spiro atoms. The average molecular weight is 220 g/mol. The van der Waals surface area contributed by atoms with E-state index in [1.807, 2.05) is 23.1 Å². The van der Waals surface area contributed by atoms with Gasteiger partial charge in [-0.15, -0.1) is 0 Å². The van der Waals surface area contributed by atoms with Crippen LogP contribution in [-0.2, 0) is 4.79 Å². The van der Waals surface area contributed by atoms with Crippen LogP contribution in [0.3, 0.4) is 0 Å². The predicted molar refractivity (Wildman–Crippen MR) is 60.1 cm³/mol. The maximum absolute atomic E-state index is 11.3. The van der Waals surface area contributed by atoms with Crippen molar-refractivity contribution in [1.29, 1.82) is 0 Å². The van der Waals surface area contributed by atoms with Crippen LogP contribution in [0.5, 0.6) is 5.88 Å². The molecule has 0 bridgehead atoms. The molecule has 0 aliphatic carbocycles. The van der Waals surface area contributed by atoms with Crippen molar-refractivity contribution in [2.75, 3.05) is 13.2 Å². The second kappa shape index (κ2) is 4.12. The van der Waals surface area contributed by atoms with Gasteiger partial charge in [-0.1, -0.05) is 6.07 Å². The van der Waals surface area contributed by atoms with E-state index in [4.69, 9.17) is 4.74 Å². The first kappa shape index (κ1) is 10.9. The summed E-state index contributed by atoms with van der Waals surface area (Å²) in [5, 5.41) is 0. The Bertz CT molecular complexity index is 376. The van der Waals surface area contributed by atoms with Gasteiger partial charge in [0, 0.05) is 24.2 Å². The summed E-state index contributed by atoms with van der Waals surface area (Å²) in [6, 6.07) is 5.53. The molecule has 4 heteroatoms. The molecule has 0 atom stereocenters. The first-order valence-electron chi connectivity index (χ1n) is 5.44. The van der Waals surface area contributed by atoms with Gasteiger partial charge in [-0.3, -0.25) is 4.79 Å². The topological polar surface area (TPSA) is 42.4 Å². The van der Waals surface area contributed by atoms with Gasteiger partial charge in [-0.25, -0.2) is 4.98 Å². The fourth-order valence-electron chi connectivity index (χ4n) is 1.91. The van der Waals surface area contributed by atoms with Crippen LogP contribution in [0.25, 0.3) is 0 Å². The normalized spacial score (nSPS) is 18.1. The maximum Gasteiger partial charge on any atom is 0.225 e. The van der Waals surface area contributed by atoms with Crippen LogP contribution in [0.15, 0.2) is 24.4 Å². The number of amides is 1. The molecular formula is C12H16N2O2. The van der Waals surface area contributed by atoms with E-state index in [0.29, 0.717) is 25.5 Å². The van der Waals surface area contributed by atoms with E-state index in [1.54, 1.807) is 6.20 Å². The number of nitrogens with zero attached hydrogens (tertiary/aromatic N) is 2. The molecule has 2 rings (SSSR count). The molecule has 0 saturated carbocycles. The average Bonchev–Trinajstić information content (AvgIpc) is 2.25. The molecule has 0 radical (unpaired) electrons. The van der Waals surface area contributed by atoms with Crippen molar-refractivity contribution in [3.63, 3.8) is 0 Å². The van der Waals surface area contributed by atoms with Crippen molar-refractivity contribution in [2.45, 2.75) is 25.8 Å². The highest BCUT2D eigenvalue weighted by atomic mass is 16.5. The van der Waals surface area contributed by atoms with Crippen LogP contribution in [0, 0.1) is 0 Å². The number of aromatic nitrogens is 1. The second-order valence-electron chi connectivity index (χ2n) is 4.55. The summed E-state index contributed by atoms with van der Waals surface area (Å²) in [6.45, 7) is 5.25. The third-order valence-corrected chi connectivity index (χ3v) is 2.82. The summed E-state index contributed by atoms with van der Waals surface area (Å²) in [4.78, 5) is 17.2. The molecular weight excluding hydrogens is 204 g/mol. The first-order valence-corrected chi connectivity index (χ1v) is 5.44. The summed E-state index contributed by atoms with van der Waals surface area (Å²) >= 11 is 0. The number of carbonyl (C=O) groups excluding carboxylic acids is 1. The van der Waals surface area contributed by atoms with Crippen LogP contribution in [0.2, 0.25) is 0 Å². The number of ether oxygens (including phenoxy) is 1. The summed E-state index contributed by atoms with van der Waals surface area (Å²) < 4.78 is 5.45. The van der Waals surface area contributed by atoms with E-state index in [1.165, 1.54) is 0 Å². The lowest BCUT2D eigenvalue weighted by Gasteiger charge is -2.47. The van der Waals surface area contributed by atoms with Gasteiger partial charge in [0.05, 0.1) is 6.54 Å². The molecule has 1 aliphatic rings. The fourth-order valence-corrected chi connectivity index (χ4v) is 1.91. The first-order chi connectivity index (χ1) is 7.59. The highest BCUT2D eigenvalue weighted by molar-refractivity contribution is 5.84. The molecule has 1 fully saturated rings. The number of rotatable bonds is 4. The van der Waals surface area contributed by atoms with E-state index >= 15 is 0 Å². The minimum atomic E-state index is -0.00937. The Hall–Kier alpha value is -1.58. The van der Waals surface area contributed by atoms with Gasteiger partial charge >= 0.3 is 0 Å². The SMILES string of the molecule is CC1(C)CC(=O)N1CCOc1ccccn1. The number of β-lactam (4-membered cyclic amide) rings is 1. The lowest BCUT2D eigenvalue weighted by Crippen LogP contribution is -2.60. The Balaban J connectivity index is 1.79. The minimum absolute atomic E-state index is 0.00937. The molecule has 0 N–H and O–H groups in total. The Morgan fingerprint density at radius 1 is 1.50 bits per heavy atom. The zero-order valence-electron chi connectivity index (χ0n) is 9.64. The van der Waals surface area contributed by atoms with Crippen LogP contribution in [0.4, 0.5) is 0 Å². The monoisotopic (exact) mass is 220 g/mol. The van der Waals surface area contributed by atoms with Crippen LogP contribution in [-0.4, -0.2) is 34.5 Å². The smallest absolute Gasteiger partial charge is 0.225 e. The lowest BCUT2D eigenvalue weighted by atomic mass is 9.88. The molecule has 0 aromatic carbocycles. The van der Waals surface area contributed by atoms with E-state index in [2.05, 4.69) is 18.8 Å². The van der Waals surface area contributed by atoms with Gasteiger partial charge in [0.2, 0.25) is 11.8 Å². The van der Waals surface area contributed by atoms with Crippen molar-refractivity contribution < 1.29 is 9.53 Å². The predicted octanol–water partition coefficient (Wildman–Crippen LogP) is 1.47. The highest BCUT2D eigenvalue weighted by Crippen LogP contribution is 2.30. The van der Waals surface area contributed by atoms with E-state index in [0.717, 1.165) is 0 Å². The molecule has 1 aromatic heterocycles. The van der Waals surface area contributed by atoms with Crippen LogP contribution >= 0.6 is 0 Å². The maximum atomic E-state index is 11.3. The summed E-state index contributed by atoms with van der Waals surface area (Å²) in [5.41, 5.74) is -0.00937. The number of likely N-dealkylation sites (tertiary alicyclic amines) is 1. The number of hydrogen-bond acceptors (Lipinski definition) is 3. The number of hydrogen-bond donors (Lipinski definition) is 0.